The van der Waals surface area contributed by atoms with Gasteiger partial charge in [0, 0.05) is 6.04 Å². The summed E-state index contributed by atoms with van der Waals surface area (Å²) in [5.41, 5.74) is 5.35. The number of nitrogens with one attached hydrogen (secondary N) is 1. The number of ether oxygens (including phenoxy) is 1. The van der Waals surface area contributed by atoms with E-state index in [1.165, 1.54) is 11.1 Å². The van der Waals surface area contributed by atoms with Crippen LogP contribution < -0.4 is 11.3 Å². The molecule has 3 N–H and O–H groups in total. The fourth-order valence-electron chi connectivity index (χ4n) is 1.71. The van der Waals surface area contributed by atoms with Crippen LogP contribution in [0.1, 0.15) is 38.8 Å². The molecule has 0 saturated carbocycles. The van der Waals surface area contributed by atoms with Crippen molar-refractivity contribution in [1.29, 1.82) is 0 Å². The smallest absolute Gasteiger partial charge is 0.0643 e. The maximum atomic E-state index is 5.76. The second-order valence-electron chi connectivity index (χ2n) is 5.66. The largest absolute Gasteiger partial charge is 0.374 e. The Kier molecular flexibility index (Phi) is 5.79. The van der Waals surface area contributed by atoms with E-state index in [0.29, 0.717) is 6.61 Å². The number of hydrogen-bond donors (Lipinski definition) is 2. The zero-order chi connectivity index (χ0) is 13.6. The summed E-state index contributed by atoms with van der Waals surface area (Å²) in [6.45, 7) is 8.94. The number of benzene rings is 1. The molecule has 18 heavy (non-hydrogen) atoms. The van der Waals surface area contributed by atoms with Crippen molar-refractivity contribution < 1.29 is 4.74 Å². The van der Waals surface area contributed by atoms with E-state index in [9.17, 15) is 0 Å². The van der Waals surface area contributed by atoms with Crippen LogP contribution in [-0.4, -0.2) is 18.2 Å². The van der Waals surface area contributed by atoms with Gasteiger partial charge in [-0.3, -0.25) is 11.3 Å². The summed E-state index contributed by atoms with van der Waals surface area (Å²) < 4.78 is 5.76. The Bertz CT molecular complexity index is 341. The van der Waals surface area contributed by atoms with Crippen molar-refractivity contribution in [2.24, 2.45) is 5.84 Å². The van der Waals surface area contributed by atoms with Gasteiger partial charge in [-0.15, -0.1) is 0 Å². The highest BCUT2D eigenvalue weighted by molar-refractivity contribution is 5.23. The predicted octanol–water partition coefficient (Wildman–Crippen LogP) is 2.44. The summed E-state index contributed by atoms with van der Waals surface area (Å²) in [5, 5.41) is 0. The molecule has 0 heterocycles. The first kappa shape index (κ1) is 15.2. The molecule has 3 heteroatoms. The maximum Gasteiger partial charge on any atom is 0.0643 e. The number of hydrogen-bond acceptors (Lipinski definition) is 3. The first-order valence-electron chi connectivity index (χ1n) is 6.62. The molecule has 1 aromatic carbocycles. The minimum Gasteiger partial charge on any atom is -0.374 e. The molecule has 3 nitrogen and oxygen atoms in total. The van der Waals surface area contributed by atoms with E-state index < -0.39 is 0 Å². The van der Waals surface area contributed by atoms with Crippen LogP contribution in [0.4, 0.5) is 0 Å². The molecule has 0 amide bonds. The average molecular weight is 250 g/mol. The van der Waals surface area contributed by atoms with E-state index in [1.807, 2.05) is 0 Å². The summed E-state index contributed by atoms with van der Waals surface area (Å²) in [5.74, 6) is 5.58. The molecule has 0 fully saturated rings. The predicted molar refractivity (Wildman–Crippen MR) is 76.3 cm³/mol. The van der Waals surface area contributed by atoms with Gasteiger partial charge in [-0.2, -0.15) is 0 Å². The molecule has 1 rings (SSSR count). The number of hydrazine groups is 1. The van der Waals surface area contributed by atoms with E-state index in [1.54, 1.807) is 0 Å². The summed E-state index contributed by atoms with van der Waals surface area (Å²) in [6.07, 6.45) is 1.96. The first-order valence-corrected chi connectivity index (χ1v) is 6.62. The quantitative estimate of drug-likeness (QED) is 0.602. The van der Waals surface area contributed by atoms with Crippen molar-refractivity contribution >= 4 is 0 Å². The van der Waals surface area contributed by atoms with Gasteiger partial charge in [0.1, 0.15) is 0 Å². The molecule has 0 aromatic heterocycles. The Hall–Kier alpha value is -0.900. The molecule has 0 saturated heterocycles. The second-order valence-corrected chi connectivity index (χ2v) is 5.66. The average Bonchev–Trinajstić information content (AvgIpc) is 2.34. The van der Waals surface area contributed by atoms with E-state index in [0.717, 1.165) is 12.8 Å². The SMILES string of the molecule is CCc1ccc(CC(COC(C)(C)C)NN)cc1. The normalized spacial score (nSPS) is 13.6. The van der Waals surface area contributed by atoms with Gasteiger partial charge in [0.15, 0.2) is 0 Å². The first-order chi connectivity index (χ1) is 8.44. The molecular formula is C15H26N2O. The monoisotopic (exact) mass is 250 g/mol. The van der Waals surface area contributed by atoms with Gasteiger partial charge in [-0.25, -0.2) is 0 Å². The van der Waals surface area contributed by atoms with Crippen LogP contribution in [0.5, 0.6) is 0 Å². The summed E-state index contributed by atoms with van der Waals surface area (Å²) in [6, 6.07) is 8.83. The van der Waals surface area contributed by atoms with Gasteiger partial charge in [-0.1, -0.05) is 31.2 Å². The standard InChI is InChI=1S/C15H26N2O/c1-5-12-6-8-13(9-7-12)10-14(17-16)11-18-15(2,3)4/h6-9,14,17H,5,10-11,16H2,1-4H3. The van der Waals surface area contributed by atoms with Crippen LogP contribution in [0.3, 0.4) is 0 Å². The lowest BCUT2D eigenvalue weighted by molar-refractivity contribution is -0.0143. The second kappa shape index (κ2) is 6.88. The Morgan fingerprint density at radius 3 is 2.17 bits per heavy atom. The van der Waals surface area contributed by atoms with Gasteiger partial charge in [0.2, 0.25) is 0 Å². The van der Waals surface area contributed by atoms with Crippen molar-refractivity contribution in [3.05, 3.63) is 35.4 Å². The van der Waals surface area contributed by atoms with Crippen molar-refractivity contribution in [3.8, 4) is 0 Å². The molecular weight excluding hydrogens is 224 g/mol. The summed E-state index contributed by atoms with van der Waals surface area (Å²) >= 11 is 0. The lowest BCUT2D eigenvalue weighted by Gasteiger charge is -2.24. The highest BCUT2D eigenvalue weighted by atomic mass is 16.5. The van der Waals surface area contributed by atoms with E-state index in [2.05, 4.69) is 57.4 Å². The molecule has 0 aliphatic carbocycles. The van der Waals surface area contributed by atoms with Gasteiger partial charge in [0.25, 0.3) is 0 Å². The summed E-state index contributed by atoms with van der Waals surface area (Å²) in [4.78, 5) is 0. The lowest BCUT2D eigenvalue weighted by atomic mass is 10.0. The van der Waals surface area contributed by atoms with Crippen molar-refractivity contribution in [2.75, 3.05) is 6.61 Å². The van der Waals surface area contributed by atoms with Gasteiger partial charge >= 0.3 is 0 Å². The number of rotatable bonds is 6. The molecule has 0 aliphatic heterocycles. The molecule has 0 spiro atoms. The fraction of sp³-hybridized carbons (Fsp3) is 0.600. The third-order valence-electron chi connectivity index (χ3n) is 2.87. The number of nitrogens with two attached hydrogens (primary N) is 1. The fourth-order valence-corrected chi connectivity index (χ4v) is 1.71. The van der Waals surface area contributed by atoms with Crippen LogP contribution in [0, 0.1) is 0 Å². The Labute approximate surface area is 111 Å². The van der Waals surface area contributed by atoms with Crippen LogP contribution in [0.25, 0.3) is 0 Å². The van der Waals surface area contributed by atoms with Crippen molar-refractivity contribution in [2.45, 2.75) is 52.2 Å². The van der Waals surface area contributed by atoms with Gasteiger partial charge < -0.3 is 4.74 Å². The topological polar surface area (TPSA) is 47.3 Å². The lowest BCUT2D eigenvalue weighted by Crippen LogP contribution is -2.42. The minimum atomic E-state index is -0.124. The van der Waals surface area contributed by atoms with Crippen LogP contribution in [-0.2, 0) is 17.6 Å². The zero-order valence-electron chi connectivity index (χ0n) is 12.0. The molecule has 1 aromatic rings. The summed E-state index contributed by atoms with van der Waals surface area (Å²) in [7, 11) is 0. The maximum absolute atomic E-state index is 5.76. The molecule has 102 valence electrons. The molecule has 0 aliphatic rings. The van der Waals surface area contributed by atoms with E-state index in [-0.39, 0.29) is 11.6 Å². The third-order valence-corrected chi connectivity index (χ3v) is 2.87. The molecule has 0 radical (unpaired) electrons. The van der Waals surface area contributed by atoms with E-state index in [4.69, 9.17) is 10.6 Å². The Balaban J connectivity index is 2.51. The number of aryl methyl sites for hydroxylation is 1. The Morgan fingerprint density at radius 1 is 1.17 bits per heavy atom. The van der Waals surface area contributed by atoms with Crippen molar-refractivity contribution in [3.63, 3.8) is 0 Å². The Morgan fingerprint density at radius 2 is 1.72 bits per heavy atom. The highest BCUT2D eigenvalue weighted by Crippen LogP contribution is 2.11. The van der Waals surface area contributed by atoms with Crippen LogP contribution >= 0.6 is 0 Å². The zero-order valence-corrected chi connectivity index (χ0v) is 12.0. The molecule has 1 unspecified atom stereocenters. The van der Waals surface area contributed by atoms with Crippen molar-refractivity contribution in [1.82, 2.24) is 5.43 Å². The minimum absolute atomic E-state index is 0.124. The van der Waals surface area contributed by atoms with E-state index >= 15 is 0 Å². The van der Waals surface area contributed by atoms with Gasteiger partial charge in [0.05, 0.1) is 12.2 Å². The highest BCUT2D eigenvalue weighted by Gasteiger charge is 2.14. The molecule has 0 bridgehead atoms. The van der Waals surface area contributed by atoms with Crippen LogP contribution in [0.15, 0.2) is 24.3 Å². The third kappa shape index (κ3) is 5.63. The van der Waals surface area contributed by atoms with Gasteiger partial charge in [-0.05, 0) is 44.7 Å². The molecule has 1 atom stereocenters. The van der Waals surface area contributed by atoms with Crippen LogP contribution in [0.2, 0.25) is 0 Å².